The number of ketones is 1. The molecule has 11 heteroatoms. The van der Waals surface area contributed by atoms with Gasteiger partial charge in [0.15, 0.2) is 6.29 Å². The van der Waals surface area contributed by atoms with E-state index < -0.39 is 43.2 Å². The summed E-state index contributed by atoms with van der Waals surface area (Å²) in [6.07, 6.45) is -2.18. The number of hydrogen-bond acceptors (Lipinski definition) is 9. The van der Waals surface area contributed by atoms with Crippen LogP contribution in [0.2, 0.25) is 0 Å². The van der Waals surface area contributed by atoms with Gasteiger partial charge in [-0.15, -0.1) is 5.10 Å². The SMILES string of the molecule is CC(=O)CCc1cn(CCOC2OC(CO)C(O)C(O)C2NC(C)=O)nn1. The number of aliphatic hydroxyl groups is 3. The second-order valence-corrected chi connectivity index (χ2v) is 6.48. The first-order valence-corrected chi connectivity index (χ1v) is 8.71. The molecule has 5 atom stereocenters. The number of ether oxygens (including phenoxy) is 2. The Morgan fingerprint density at radius 3 is 2.70 bits per heavy atom. The highest BCUT2D eigenvalue weighted by Crippen LogP contribution is 2.22. The van der Waals surface area contributed by atoms with Crippen LogP contribution in [0.1, 0.15) is 26.0 Å². The molecule has 5 unspecified atom stereocenters. The Balaban J connectivity index is 1.91. The molecule has 27 heavy (non-hydrogen) atoms. The highest BCUT2D eigenvalue weighted by molar-refractivity contribution is 5.75. The summed E-state index contributed by atoms with van der Waals surface area (Å²) >= 11 is 0. The van der Waals surface area contributed by atoms with E-state index in [0.717, 1.165) is 0 Å². The molecule has 1 aliphatic heterocycles. The van der Waals surface area contributed by atoms with Crippen molar-refractivity contribution in [1.82, 2.24) is 20.3 Å². The lowest BCUT2D eigenvalue weighted by Gasteiger charge is -2.42. The van der Waals surface area contributed by atoms with Gasteiger partial charge in [0.1, 0.15) is 30.1 Å². The summed E-state index contributed by atoms with van der Waals surface area (Å²) in [7, 11) is 0. The van der Waals surface area contributed by atoms with Crippen LogP contribution in [-0.2, 0) is 32.0 Å². The van der Waals surface area contributed by atoms with Crippen LogP contribution in [0, 0.1) is 0 Å². The smallest absolute Gasteiger partial charge is 0.217 e. The van der Waals surface area contributed by atoms with Gasteiger partial charge in [-0.25, -0.2) is 4.68 Å². The summed E-state index contributed by atoms with van der Waals surface area (Å²) in [4.78, 5) is 22.4. The standard InChI is InChI=1S/C16H26N4O7/c1-9(22)3-4-11-7-20(19-18-11)5-6-26-16-13(17-10(2)23)15(25)14(24)12(8-21)27-16/h7,12-16,21,24-25H,3-6,8H2,1-2H3,(H,17,23). The average Bonchev–Trinajstić information content (AvgIpc) is 3.06. The first kappa shape index (κ1) is 21.4. The van der Waals surface area contributed by atoms with Gasteiger partial charge in [0, 0.05) is 19.5 Å². The maximum absolute atomic E-state index is 11.4. The van der Waals surface area contributed by atoms with Gasteiger partial charge in [0.2, 0.25) is 5.91 Å². The quantitative estimate of drug-likeness (QED) is 0.368. The van der Waals surface area contributed by atoms with E-state index in [2.05, 4.69) is 15.6 Å². The largest absolute Gasteiger partial charge is 0.394 e. The molecule has 0 bridgehead atoms. The fraction of sp³-hybridized carbons (Fsp3) is 0.750. The Kier molecular flexibility index (Phi) is 7.80. The van der Waals surface area contributed by atoms with Crippen molar-refractivity contribution < 1.29 is 34.4 Å². The number of rotatable bonds is 9. The van der Waals surface area contributed by atoms with Crippen LogP contribution in [-0.4, -0.2) is 85.9 Å². The topological polar surface area (TPSA) is 156 Å². The van der Waals surface area contributed by atoms with Crippen LogP contribution < -0.4 is 5.32 Å². The van der Waals surface area contributed by atoms with Gasteiger partial charge in [0.05, 0.1) is 25.5 Å². The molecular formula is C16H26N4O7. The van der Waals surface area contributed by atoms with E-state index >= 15 is 0 Å². The van der Waals surface area contributed by atoms with Gasteiger partial charge in [0.25, 0.3) is 0 Å². The molecule has 1 aromatic rings. The van der Waals surface area contributed by atoms with Gasteiger partial charge in [-0.2, -0.15) is 0 Å². The van der Waals surface area contributed by atoms with Crippen molar-refractivity contribution in [3.8, 4) is 0 Å². The van der Waals surface area contributed by atoms with E-state index in [0.29, 0.717) is 25.1 Å². The molecule has 0 aromatic carbocycles. The third kappa shape index (κ3) is 6.04. The number of aryl methyl sites for hydroxylation is 1. The van der Waals surface area contributed by atoms with E-state index in [1.54, 1.807) is 10.9 Å². The van der Waals surface area contributed by atoms with Crippen LogP contribution in [0.5, 0.6) is 0 Å². The lowest BCUT2D eigenvalue weighted by Crippen LogP contribution is -2.64. The molecule has 152 valence electrons. The number of carbonyl (C=O) groups excluding carboxylic acids is 2. The molecule has 11 nitrogen and oxygen atoms in total. The second kappa shape index (κ2) is 9.85. The summed E-state index contributed by atoms with van der Waals surface area (Å²) < 4.78 is 12.6. The number of carbonyl (C=O) groups is 2. The van der Waals surface area contributed by atoms with Crippen LogP contribution >= 0.6 is 0 Å². The average molecular weight is 386 g/mol. The van der Waals surface area contributed by atoms with Gasteiger partial charge >= 0.3 is 0 Å². The third-order valence-electron chi connectivity index (χ3n) is 4.17. The predicted octanol–water partition coefficient (Wildman–Crippen LogP) is -2.24. The molecular weight excluding hydrogens is 360 g/mol. The molecule has 0 saturated carbocycles. The Bertz CT molecular complexity index is 638. The highest BCUT2D eigenvalue weighted by atomic mass is 16.7. The Morgan fingerprint density at radius 1 is 1.33 bits per heavy atom. The molecule has 1 aliphatic rings. The molecule has 2 rings (SSSR count). The van der Waals surface area contributed by atoms with Crippen molar-refractivity contribution in [3.05, 3.63) is 11.9 Å². The fourth-order valence-electron chi connectivity index (χ4n) is 2.74. The molecule has 0 spiro atoms. The minimum atomic E-state index is -1.36. The van der Waals surface area contributed by atoms with E-state index in [9.17, 15) is 24.9 Å². The van der Waals surface area contributed by atoms with Gasteiger partial charge < -0.3 is 34.9 Å². The van der Waals surface area contributed by atoms with Crippen molar-refractivity contribution in [2.75, 3.05) is 13.2 Å². The van der Waals surface area contributed by atoms with Gasteiger partial charge in [-0.05, 0) is 13.3 Å². The first-order valence-electron chi connectivity index (χ1n) is 8.71. The fourth-order valence-corrected chi connectivity index (χ4v) is 2.74. The Hall–Kier alpha value is -1.92. The van der Waals surface area contributed by atoms with Crippen molar-refractivity contribution in [3.63, 3.8) is 0 Å². The van der Waals surface area contributed by atoms with Crippen molar-refractivity contribution >= 4 is 11.7 Å². The predicted molar refractivity (Wildman–Crippen MR) is 90.3 cm³/mol. The number of hydrogen-bond donors (Lipinski definition) is 4. The lowest BCUT2D eigenvalue weighted by molar-refractivity contribution is -0.270. The van der Waals surface area contributed by atoms with Crippen molar-refractivity contribution in [2.45, 2.75) is 63.9 Å². The molecule has 0 radical (unpaired) electrons. The highest BCUT2D eigenvalue weighted by Gasteiger charge is 2.45. The van der Waals surface area contributed by atoms with E-state index in [1.165, 1.54) is 13.8 Å². The minimum absolute atomic E-state index is 0.0746. The number of aromatic nitrogens is 3. The zero-order valence-electron chi connectivity index (χ0n) is 15.3. The van der Waals surface area contributed by atoms with Crippen LogP contribution in [0.15, 0.2) is 6.20 Å². The van der Waals surface area contributed by atoms with E-state index in [4.69, 9.17) is 9.47 Å². The number of Topliss-reactive ketones (excluding diaryl/α,β-unsaturated/α-hetero) is 1. The lowest BCUT2D eigenvalue weighted by atomic mass is 9.97. The summed E-state index contributed by atoms with van der Waals surface area (Å²) in [5, 5.41) is 39.8. The maximum Gasteiger partial charge on any atom is 0.217 e. The number of amides is 1. The maximum atomic E-state index is 11.4. The molecule has 1 saturated heterocycles. The second-order valence-electron chi connectivity index (χ2n) is 6.48. The zero-order chi connectivity index (χ0) is 20.0. The zero-order valence-corrected chi connectivity index (χ0v) is 15.3. The molecule has 1 fully saturated rings. The number of nitrogens with one attached hydrogen (secondary N) is 1. The molecule has 4 N–H and O–H groups in total. The van der Waals surface area contributed by atoms with E-state index in [1.807, 2.05) is 0 Å². The van der Waals surface area contributed by atoms with Crippen molar-refractivity contribution in [1.29, 1.82) is 0 Å². The minimum Gasteiger partial charge on any atom is -0.394 e. The van der Waals surface area contributed by atoms with E-state index in [-0.39, 0.29) is 12.4 Å². The molecule has 0 aliphatic carbocycles. The summed E-state index contributed by atoms with van der Waals surface area (Å²) in [5.74, 6) is -0.345. The van der Waals surface area contributed by atoms with Gasteiger partial charge in [-0.3, -0.25) is 4.79 Å². The van der Waals surface area contributed by atoms with Crippen LogP contribution in [0.3, 0.4) is 0 Å². The van der Waals surface area contributed by atoms with Crippen LogP contribution in [0.25, 0.3) is 0 Å². The first-order chi connectivity index (χ1) is 12.8. The number of nitrogens with zero attached hydrogens (tertiary/aromatic N) is 3. The molecule has 1 amide bonds. The normalized spacial score (nSPS) is 28.1. The third-order valence-corrected chi connectivity index (χ3v) is 4.17. The number of aliphatic hydroxyl groups excluding tert-OH is 3. The monoisotopic (exact) mass is 386 g/mol. The summed E-state index contributed by atoms with van der Waals surface area (Å²) in [5.41, 5.74) is 0.689. The molecule has 1 aromatic heterocycles. The molecule has 2 heterocycles. The summed E-state index contributed by atoms with van der Waals surface area (Å²) in [6, 6.07) is -0.984. The van der Waals surface area contributed by atoms with Crippen LogP contribution in [0.4, 0.5) is 0 Å². The Labute approximate surface area is 156 Å². The Morgan fingerprint density at radius 2 is 2.07 bits per heavy atom. The summed E-state index contributed by atoms with van der Waals surface area (Å²) in [6.45, 7) is 2.72. The van der Waals surface area contributed by atoms with Crippen molar-refractivity contribution in [2.24, 2.45) is 0 Å². The van der Waals surface area contributed by atoms with Gasteiger partial charge in [-0.1, -0.05) is 5.21 Å².